The summed E-state index contributed by atoms with van der Waals surface area (Å²) < 4.78 is 27.6. The van der Waals surface area contributed by atoms with E-state index in [4.69, 9.17) is 0 Å². The van der Waals surface area contributed by atoms with Crippen molar-refractivity contribution in [1.82, 2.24) is 25.4 Å². The molecule has 0 saturated heterocycles. The summed E-state index contributed by atoms with van der Waals surface area (Å²) >= 11 is 0. The van der Waals surface area contributed by atoms with Crippen molar-refractivity contribution in [3.05, 3.63) is 76.2 Å². The van der Waals surface area contributed by atoms with Gasteiger partial charge >= 0.3 is 0 Å². The lowest BCUT2D eigenvalue weighted by atomic mass is 10.1. The predicted octanol–water partition coefficient (Wildman–Crippen LogP) is 1.75. The minimum Gasteiger partial charge on any atom is -0.268 e. The summed E-state index contributed by atoms with van der Waals surface area (Å²) in [4.78, 5) is 37.6. The Labute approximate surface area is 196 Å². The number of carbonyl (C=O) groups is 2. The van der Waals surface area contributed by atoms with Crippen LogP contribution in [0.3, 0.4) is 0 Å². The molecule has 0 radical (unpaired) electrons. The largest absolute Gasteiger partial charge is 0.290 e. The zero-order chi connectivity index (χ0) is 24.9. The second-order valence-corrected chi connectivity index (χ2v) is 9.35. The molecule has 0 unspecified atom stereocenters. The van der Waals surface area contributed by atoms with Gasteiger partial charge in [-0.2, -0.15) is 5.10 Å². The number of fused-ring (bicyclic) bond motifs is 1. The smallest absolute Gasteiger partial charge is 0.268 e. The number of amides is 2. The molecule has 0 saturated carbocycles. The molecule has 2 aromatic carbocycles. The topological polar surface area (TPSA) is 139 Å². The Kier molecular flexibility index (Phi) is 7.59. The van der Waals surface area contributed by atoms with Crippen molar-refractivity contribution < 1.29 is 18.0 Å². The highest BCUT2D eigenvalue weighted by atomic mass is 32.2. The molecule has 0 aliphatic heterocycles. The minimum atomic E-state index is -3.56. The number of hydrogen-bond donors (Lipinski definition) is 3. The Morgan fingerprint density at radius 3 is 2.29 bits per heavy atom. The molecule has 0 fully saturated rings. The summed E-state index contributed by atoms with van der Waals surface area (Å²) in [5.74, 6) is -1.29. The van der Waals surface area contributed by atoms with Gasteiger partial charge < -0.3 is 0 Å². The van der Waals surface area contributed by atoms with E-state index in [0.29, 0.717) is 16.3 Å². The fourth-order valence-electron chi connectivity index (χ4n) is 3.15. The van der Waals surface area contributed by atoms with E-state index in [2.05, 4.69) is 20.7 Å². The Hall–Kier alpha value is -3.83. The molecule has 34 heavy (non-hydrogen) atoms. The number of hydrogen-bond acceptors (Lipinski definition) is 6. The summed E-state index contributed by atoms with van der Waals surface area (Å²) in [7, 11) is -3.56. The monoisotopic (exact) mass is 483 g/mol. The Morgan fingerprint density at radius 2 is 1.68 bits per heavy atom. The second kappa shape index (κ2) is 10.4. The Balaban J connectivity index is 1.71. The van der Waals surface area contributed by atoms with Crippen LogP contribution in [0.25, 0.3) is 16.8 Å². The minimum absolute atomic E-state index is 0.00525. The van der Waals surface area contributed by atoms with Crippen LogP contribution in [0.4, 0.5) is 0 Å². The van der Waals surface area contributed by atoms with Gasteiger partial charge in [-0.25, -0.2) is 17.8 Å². The van der Waals surface area contributed by atoms with Crippen molar-refractivity contribution in [1.29, 1.82) is 0 Å². The summed E-state index contributed by atoms with van der Waals surface area (Å²) in [6.45, 7) is 5.52. The molecule has 0 spiro atoms. The van der Waals surface area contributed by atoms with Gasteiger partial charge in [0.25, 0.3) is 17.4 Å². The van der Waals surface area contributed by atoms with Crippen molar-refractivity contribution in [2.75, 3.05) is 6.54 Å². The zero-order valence-electron chi connectivity index (χ0n) is 18.9. The molecule has 3 rings (SSSR count). The van der Waals surface area contributed by atoms with E-state index in [9.17, 15) is 22.8 Å². The van der Waals surface area contributed by atoms with E-state index in [1.807, 2.05) is 0 Å². The molecule has 178 valence electrons. The lowest BCUT2D eigenvalue weighted by molar-refractivity contribution is -0.117. The van der Waals surface area contributed by atoms with Crippen LogP contribution in [-0.4, -0.2) is 36.6 Å². The number of benzene rings is 2. The second-order valence-electron chi connectivity index (χ2n) is 7.58. The molecule has 0 aliphatic rings. The zero-order valence-corrected chi connectivity index (χ0v) is 19.7. The van der Waals surface area contributed by atoms with Gasteiger partial charge in [-0.3, -0.25) is 25.2 Å². The van der Waals surface area contributed by atoms with E-state index in [-0.39, 0.29) is 28.7 Å². The quantitative estimate of drug-likeness (QED) is 0.346. The third kappa shape index (κ3) is 5.56. The average Bonchev–Trinajstić information content (AvgIpc) is 2.81. The van der Waals surface area contributed by atoms with Crippen LogP contribution < -0.4 is 21.1 Å². The molecular weight excluding hydrogens is 458 g/mol. The molecule has 2 amide bonds. The van der Waals surface area contributed by atoms with Crippen LogP contribution in [0, 0.1) is 0 Å². The molecule has 1 aromatic heterocycles. The third-order valence-electron chi connectivity index (χ3n) is 4.78. The summed E-state index contributed by atoms with van der Waals surface area (Å²) in [5, 5.41) is 4.90. The number of carbonyl (C=O) groups excluding carboxylic acids is 2. The van der Waals surface area contributed by atoms with Gasteiger partial charge in [0.05, 0.1) is 16.3 Å². The number of sulfonamides is 1. The van der Waals surface area contributed by atoms with Gasteiger partial charge in [-0.15, -0.1) is 0 Å². The number of nitrogens with zero attached hydrogens (tertiary/aromatic N) is 2. The highest BCUT2D eigenvalue weighted by Gasteiger charge is 2.18. The van der Waals surface area contributed by atoms with Crippen molar-refractivity contribution in [3.8, 4) is 0 Å². The van der Waals surface area contributed by atoms with Crippen molar-refractivity contribution in [2.45, 2.75) is 31.7 Å². The molecule has 3 N–H and O–H groups in total. The van der Waals surface area contributed by atoms with Crippen LogP contribution in [0.2, 0.25) is 0 Å². The van der Waals surface area contributed by atoms with Crippen molar-refractivity contribution in [2.24, 2.45) is 0 Å². The number of aromatic nitrogens is 2. The maximum absolute atomic E-state index is 12.7. The Morgan fingerprint density at radius 1 is 1.03 bits per heavy atom. The van der Waals surface area contributed by atoms with Gasteiger partial charge in [0.15, 0.2) is 5.69 Å². The molecule has 1 heterocycles. The lowest BCUT2D eigenvalue weighted by Gasteiger charge is -2.13. The van der Waals surface area contributed by atoms with E-state index in [1.165, 1.54) is 29.0 Å². The molecule has 11 heteroatoms. The van der Waals surface area contributed by atoms with Crippen molar-refractivity contribution >= 4 is 38.7 Å². The maximum atomic E-state index is 12.7. The highest BCUT2D eigenvalue weighted by molar-refractivity contribution is 7.89. The first-order valence-electron chi connectivity index (χ1n) is 10.5. The van der Waals surface area contributed by atoms with E-state index < -0.39 is 21.8 Å². The average molecular weight is 484 g/mol. The first-order valence-corrected chi connectivity index (χ1v) is 12.0. The number of nitrogens with one attached hydrogen (secondary N) is 3. The highest BCUT2D eigenvalue weighted by Crippen LogP contribution is 2.15. The van der Waals surface area contributed by atoms with Crippen LogP contribution in [-0.2, 0) is 14.8 Å². The van der Waals surface area contributed by atoms with Gasteiger partial charge in [0, 0.05) is 18.0 Å². The number of hydrazine groups is 1. The molecule has 10 nitrogen and oxygen atoms in total. The molecule has 3 aromatic rings. The first kappa shape index (κ1) is 24.8. The van der Waals surface area contributed by atoms with E-state index in [0.717, 1.165) is 0 Å². The molecule has 0 bridgehead atoms. The first-order chi connectivity index (χ1) is 16.1. The van der Waals surface area contributed by atoms with Crippen LogP contribution in [0.15, 0.2) is 64.3 Å². The molecular formula is C23H25N5O5S. The fourth-order valence-corrected chi connectivity index (χ4v) is 4.19. The van der Waals surface area contributed by atoms with Gasteiger partial charge in [0.1, 0.15) is 0 Å². The standard InChI is InChI=1S/C23H25N5O5S/c1-4-24-34(32,33)17-12-9-16(10-13-17)11-14-20(29)25-26-22(30)21-18-7-5-6-8-19(18)23(31)28(27-21)15(2)3/h5-15,24H,4H2,1-3H3,(H,25,29)(H,26,30)/b14-11+. The summed E-state index contributed by atoms with van der Waals surface area (Å²) in [6.07, 6.45) is 2.66. The van der Waals surface area contributed by atoms with Gasteiger partial charge in [-0.05, 0) is 43.7 Å². The van der Waals surface area contributed by atoms with Crippen LogP contribution >= 0.6 is 0 Å². The van der Waals surface area contributed by atoms with Crippen molar-refractivity contribution in [3.63, 3.8) is 0 Å². The van der Waals surface area contributed by atoms with Crippen LogP contribution in [0.1, 0.15) is 42.9 Å². The Bertz CT molecular complexity index is 1410. The summed E-state index contributed by atoms with van der Waals surface area (Å²) in [5.41, 5.74) is 4.86. The normalized spacial score (nSPS) is 11.8. The van der Waals surface area contributed by atoms with Gasteiger partial charge in [0.2, 0.25) is 10.0 Å². The molecule has 0 aliphatic carbocycles. The van der Waals surface area contributed by atoms with E-state index in [1.54, 1.807) is 57.2 Å². The summed E-state index contributed by atoms with van der Waals surface area (Å²) in [6, 6.07) is 12.3. The van der Waals surface area contributed by atoms with E-state index >= 15 is 0 Å². The fraction of sp³-hybridized carbons (Fsp3) is 0.217. The number of rotatable bonds is 7. The molecule has 0 atom stereocenters. The maximum Gasteiger partial charge on any atom is 0.290 e. The SMILES string of the molecule is CCNS(=O)(=O)c1ccc(/C=C/C(=O)NNC(=O)c2nn(C(C)C)c(=O)c3ccccc23)cc1. The van der Waals surface area contributed by atoms with Crippen LogP contribution in [0.5, 0.6) is 0 Å². The predicted molar refractivity (Wildman–Crippen MR) is 128 cm³/mol. The third-order valence-corrected chi connectivity index (χ3v) is 6.35. The lowest BCUT2D eigenvalue weighted by Crippen LogP contribution is -2.42. The van der Waals surface area contributed by atoms with Gasteiger partial charge in [-0.1, -0.05) is 37.3 Å².